The highest BCUT2D eigenvalue weighted by atomic mass is 16.5. The molecule has 0 atom stereocenters. The van der Waals surface area contributed by atoms with Crippen molar-refractivity contribution in [3.05, 3.63) is 23.8 Å². The Morgan fingerprint density at radius 1 is 1.50 bits per heavy atom. The van der Waals surface area contributed by atoms with E-state index >= 15 is 0 Å². The maximum absolute atomic E-state index is 12.4. The Kier molecular flexibility index (Phi) is 5.85. The average molecular weight is 276 g/mol. The van der Waals surface area contributed by atoms with E-state index in [0.717, 1.165) is 0 Å². The number of hydrogen-bond acceptors (Lipinski definition) is 4. The SMILES string of the molecule is COc1ccc(C(=O)N(CCC#N)CC(C)C)cc1O. The Balaban J connectivity index is 2.93. The van der Waals surface area contributed by atoms with E-state index in [1.807, 2.05) is 19.9 Å². The van der Waals surface area contributed by atoms with Gasteiger partial charge in [0, 0.05) is 18.7 Å². The number of ether oxygens (including phenoxy) is 1. The minimum Gasteiger partial charge on any atom is -0.504 e. The molecule has 20 heavy (non-hydrogen) atoms. The Morgan fingerprint density at radius 2 is 2.20 bits per heavy atom. The first kappa shape index (κ1) is 15.8. The van der Waals surface area contributed by atoms with Crippen molar-refractivity contribution in [2.45, 2.75) is 20.3 Å². The lowest BCUT2D eigenvalue weighted by Gasteiger charge is -2.23. The van der Waals surface area contributed by atoms with Crippen molar-refractivity contribution in [3.63, 3.8) is 0 Å². The Hall–Kier alpha value is -2.22. The van der Waals surface area contributed by atoms with Crippen LogP contribution in [-0.4, -0.2) is 36.1 Å². The first-order valence-corrected chi connectivity index (χ1v) is 6.52. The third-order valence-corrected chi connectivity index (χ3v) is 2.79. The van der Waals surface area contributed by atoms with Crippen molar-refractivity contribution in [1.82, 2.24) is 4.90 Å². The summed E-state index contributed by atoms with van der Waals surface area (Å²) < 4.78 is 4.95. The quantitative estimate of drug-likeness (QED) is 0.866. The van der Waals surface area contributed by atoms with E-state index < -0.39 is 0 Å². The van der Waals surface area contributed by atoms with E-state index in [0.29, 0.717) is 36.7 Å². The number of phenols is 1. The fourth-order valence-electron chi connectivity index (χ4n) is 1.91. The maximum atomic E-state index is 12.4. The molecule has 0 saturated carbocycles. The summed E-state index contributed by atoms with van der Waals surface area (Å²) >= 11 is 0. The van der Waals surface area contributed by atoms with Crippen LogP contribution in [0, 0.1) is 17.2 Å². The summed E-state index contributed by atoms with van der Waals surface area (Å²) in [4.78, 5) is 14.0. The molecule has 0 spiro atoms. The van der Waals surface area contributed by atoms with Gasteiger partial charge in [-0.3, -0.25) is 4.79 Å². The van der Waals surface area contributed by atoms with Gasteiger partial charge in [0.25, 0.3) is 5.91 Å². The molecule has 1 N–H and O–H groups in total. The number of aromatic hydroxyl groups is 1. The molecule has 1 aromatic rings. The molecule has 1 amide bonds. The molecular formula is C15H20N2O3. The smallest absolute Gasteiger partial charge is 0.254 e. The van der Waals surface area contributed by atoms with Crippen molar-refractivity contribution in [2.75, 3.05) is 20.2 Å². The Morgan fingerprint density at radius 3 is 2.70 bits per heavy atom. The fraction of sp³-hybridized carbons (Fsp3) is 0.467. The summed E-state index contributed by atoms with van der Waals surface area (Å²) in [6.07, 6.45) is 0.292. The maximum Gasteiger partial charge on any atom is 0.254 e. The van der Waals surface area contributed by atoms with Gasteiger partial charge in [-0.15, -0.1) is 0 Å². The minimum atomic E-state index is -0.188. The van der Waals surface area contributed by atoms with Gasteiger partial charge in [0.2, 0.25) is 0 Å². The van der Waals surface area contributed by atoms with Crippen LogP contribution in [-0.2, 0) is 0 Å². The topological polar surface area (TPSA) is 73.6 Å². The van der Waals surface area contributed by atoms with Gasteiger partial charge in [-0.25, -0.2) is 0 Å². The molecule has 5 heteroatoms. The van der Waals surface area contributed by atoms with Crippen LogP contribution in [0.1, 0.15) is 30.6 Å². The highest BCUT2D eigenvalue weighted by Crippen LogP contribution is 2.26. The van der Waals surface area contributed by atoms with Gasteiger partial charge in [0.15, 0.2) is 11.5 Å². The number of carbonyl (C=O) groups excluding carboxylic acids is 1. The van der Waals surface area contributed by atoms with E-state index in [2.05, 4.69) is 0 Å². The summed E-state index contributed by atoms with van der Waals surface area (Å²) in [6, 6.07) is 6.60. The van der Waals surface area contributed by atoms with Crippen molar-refractivity contribution in [3.8, 4) is 17.6 Å². The second-order valence-corrected chi connectivity index (χ2v) is 4.94. The minimum absolute atomic E-state index is 0.0665. The lowest BCUT2D eigenvalue weighted by Crippen LogP contribution is -2.35. The number of rotatable bonds is 6. The van der Waals surface area contributed by atoms with E-state index in [-0.39, 0.29) is 11.7 Å². The molecule has 0 bridgehead atoms. The first-order chi connectivity index (χ1) is 9.49. The van der Waals surface area contributed by atoms with Crippen LogP contribution in [0.3, 0.4) is 0 Å². The van der Waals surface area contributed by atoms with Crippen LogP contribution < -0.4 is 4.74 Å². The number of benzene rings is 1. The lowest BCUT2D eigenvalue weighted by atomic mass is 10.1. The zero-order valence-corrected chi connectivity index (χ0v) is 12.1. The van der Waals surface area contributed by atoms with E-state index in [1.165, 1.54) is 13.2 Å². The number of nitrogens with zero attached hydrogens (tertiary/aromatic N) is 2. The van der Waals surface area contributed by atoms with Crippen molar-refractivity contribution in [1.29, 1.82) is 5.26 Å². The molecule has 0 saturated heterocycles. The van der Waals surface area contributed by atoms with Crippen molar-refractivity contribution < 1.29 is 14.6 Å². The van der Waals surface area contributed by atoms with Gasteiger partial charge in [-0.2, -0.15) is 5.26 Å². The molecule has 0 radical (unpaired) electrons. The van der Waals surface area contributed by atoms with Crippen LogP contribution in [0.2, 0.25) is 0 Å². The predicted molar refractivity (Wildman–Crippen MR) is 75.6 cm³/mol. The number of phenolic OH excluding ortho intramolecular Hbond substituents is 1. The number of methoxy groups -OCH3 is 1. The van der Waals surface area contributed by atoms with Crippen LogP contribution in [0.4, 0.5) is 0 Å². The number of amides is 1. The molecule has 0 aliphatic rings. The van der Waals surface area contributed by atoms with Gasteiger partial charge >= 0.3 is 0 Å². The summed E-state index contributed by atoms with van der Waals surface area (Å²) in [5.74, 6) is 0.383. The van der Waals surface area contributed by atoms with Gasteiger partial charge in [0.1, 0.15) is 0 Å². The molecular weight excluding hydrogens is 256 g/mol. The van der Waals surface area contributed by atoms with Crippen LogP contribution in [0.5, 0.6) is 11.5 Å². The standard InChI is InChI=1S/C15H20N2O3/c1-11(2)10-17(8-4-7-16)15(19)12-5-6-14(20-3)13(18)9-12/h5-6,9,11,18H,4,8,10H2,1-3H3. The Labute approximate surface area is 119 Å². The van der Waals surface area contributed by atoms with Gasteiger partial charge in [-0.1, -0.05) is 13.8 Å². The van der Waals surface area contributed by atoms with Crippen LogP contribution in [0.25, 0.3) is 0 Å². The summed E-state index contributed by atoms with van der Waals surface area (Å²) in [5.41, 5.74) is 0.391. The molecule has 1 aromatic carbocycles. The average Bonchev–Trinajstić information content (AvgIpc) is 2.42. The molecule has 0 fully saturated rings. The zero-order valence-electron chi connectivity index (χ0n) is 12.1. The molecule has 5 nitrogen and oxygen atoms in total. The molecule has 0 heterocycles. The monoisotopic (exact) mass is 276 g/mol. The van der Waals surface area contributed by atoms with Gasteiger partial charge in [0.05, 0.1) is 19.6 Å². The predicted octanol–water partition coefficient (Wildman–Crippen LogP) is 2.41. The number of carbonyl (C=O) groups is 1. The summed E-state index contributed by atoms with van der Waals surface area (Å²) in [5, 5.41) is 18.4. The fourth-order valence-corrected chi connectivity index (χ4v) is 1.91. The molecule has 108 valence electrons. The number of nitriles is 1. The largest absolute Gasteiger partial charge is 0.504 e. The molecule has 1 rings (SSSR count). The second-order valence-electron chi connectivity index (χ2n) is 4.94. The van der Waals surface area contributed by atoms with Crippen molar-refractivity contribution in [2.24, 2.45) is 5.92 Å². The zero-order chi connectivity index (χ0) is 15.1. The highest BCUT2D eigenvalue weighted by Gasteiger charge is 2.18. The van der Waals surface area contributed by atoms with E-state index in [1.54, 1.807) is 17.0 Å². The van der Waals surface area contributed by atoms with Crippen molar-refractivity contribution >= 4 is 5.91 Å². The van der Waals surface area contributed by atoms with Gasteiger partial charge < -0.3 is 14.7 Å². The molecule has 0 unspecified atom stereocenters. The van der Waals surface area contributed by atoms with Crippen LogP contribution >= 0.6 is 0 Å². The normalized spacial score (nSPS) is 10.2. The second kappa shape index (κ2) is 7.39. The lowest BCUT2D eigenvalue weighted by molar-refractivity contribution is 0.0739. The first-order valence-electron chi connectivity index (χ1n) is 6.52. The molecule has 0 aliphatic carbocycles. The third kappa shape index (κ3) is 4.16. The van der Waals surface area contributed by atoms with Crippen LogP contribution in [0.15, 0.2) is 18.2 Å². The number of hydrogen-bond donors (Lipinski definition) is 1. The summed E-state index contributed by atoms with van der Waals surface area (Å²) in [6.45, 7) is 4.99. The third-order valence-electron chi connectivity index (χ3n) is 2.79. The van der Waals surface area contributed by atoms with E-state index in [4.69, 9.17) is 10.00 Å². The van der Waals surface area contributed by atoms with E-state index in [9.17, 15) is 9.90 Å². The highest BCUT2D eigenvalue weighted by molar-refractivity contribution is 5.95. The summed E-state index contributed by atoms with van der Waals surface area (Å²) in [7, 11) is 1.45. The van der Waals surface area contributed by atoms with Gasteiger partial charge in [-0.05, 0) is 24.1 Å². The molecule has 0 aliphatic heterocycles. The Bertz CT molecular complexity index is 506. The molecule has 0 aromatic heterocycles.